The highest BCUT2D eigenvalue weighted by Gasteiger charge is 2.12. The van der Waals surface area contributed by atoms with Crippen molar-refractivity contribution in [2.45, 2.75) is 6.54 Å². The van der Waals surface area contributed by atoms with Crippen molar-refractivity contribution in [3.05, 3.63) is 53.6 Å². The first kappa shape index (κ1) is 14.7. The van der Waals surface area contributed by atoms with Crippen LogP contribution in [0.3, 0.4) is 0 Å². The van der Waals surface area contributed by atoms with Crippen molar-refractivity contribution < 1.29 is 14.3 Å². The minimum atomic E-state index is -0.206. The second-order valence-electron chi connectivity index (χ2n) is 4.49. The number of hydrogen-bond donors (Lipinski definition) is 2. The zero-order valence-electron chi connectivity index (χ0n) is 12.1. The third-order valence-corrected chi connectivity index (χ3v) is 3.08. The van der Waals surface area contributed by atoms with Gasteiger partial charge in [-0.15, -0.1) is 0 Å². The molecule has 0 atom stereocenters. The van der Waals surface area contributed by atoms with Gasteiger partial charge in [0.1, 0.15) is 11.5 Å². The Labute approximate surface area is 123 Å². The topological polar surface area (TPSA) is 73.6 Å². The highest BCUT2D eigenvalue weighted by Crippen LogP contribution is 2.21. The molecule has 5 heteroatoms. The summed E-state index contributed by atoms with van der Waals surface area (Å²) in [7, 11) is 3.12. The molecule has 0 fully saturated rings. The van der Waals surface area contributed by atoms with Gasteiger partial charge in [0.15, 0.2) is 0 Å². The summed E-state index contributed by atoms with van der Waals surface area (Å²) in [4.78, 5) is 12.2. The molecule has 0 unspecified atom stereocenters. The number of nitrogen functional groups attached to an aromatic ring is 1. The van der Waals surface area contributed by atoms with E-state index in [9.17, 15) is 4.79 Å². The largest absolute Gasteiger partial charge is 0.497 e. The van der Waals surface area contributed by atoms with Gasteiger partial charge in [-0.25, -0.2) is 0 Å². The van der Waals surface area contributed by atoms with Crippen LogP contribution in [0, 0.1) is 0 Å². The normalized spacial score (nSPS) is 10.0. The molecule has 0 bridgehead atoms. The Bertz CT molecular complexity index is 624. The van der Waals surface area contributed by atoms with E-state index < -0.39 is 0 Å². The van der Waals surface area contributed by atoms with Crippen LogP contribution in [0.1, 0.15) is 15.9 Å². The SMILES string of the molecule is COc1ccc(CNC(=O)c2ccc(N)cc2OC)cc1. The molecule has 0 aliphatic heterocycles. The first-order valence-electron chi connectivity index (χ1n) is 6.48. The molecule has 0 radical (unpaired) electrons. The number of ether oxygens (including phenoxy) is 2. The molecule has 0 saturated heterocycles. The van der Waals surface area contributed by atoms with Crippen LogP contribution in [0.25, 0.3) is 0 Å². The molecule has 0 aliphatic carbocycles. The quantitative estimate of drug-likeness (QED) is 0.827. The molecule has 2 aromatic carbocycles. The molecule has 0 heterocycles. The fourth-order valence-electron chi connectivity index (χ4n) is 1.92. The highest BCUT2D eigenvalue weighted by atomic mass is 16.5. The molecule has 0 aromatic heterocycles. The number of hydrogen-bond acceptors (Lipinski definition) is 4. The van der Waals surface area contributed by atoms with Crippen molar-refractivity contribution >= 4 is 11.6 Å². The van der Waals surface area contributed by atoms with E-state index in [1.165, 1.54) is 7.11 Å². The zero-order chi connectivity index (χ0) is 15.2. The third-order valence-electron chi connectivity index (χ3n) is 3.08. The molecule has 110 valence electrons. The smallest absolute Gasteiger partial charge is 0.255 e. The van der Waals surface area contributed by atoms with E-state index in [0.29, 0.717) is 23.5 Å². The van der Waals surface area contributed by atoms with E-state index in [4.69, 9.17) is 15.2 Å². The Morgan fingerprint density at radius 2 is 1.81 bits per heavy atom. The van der Waals surface area contributed by atoms with Crippen molar-refractivity contribution in [2.75, 3.05) is 20.0 Å². The number of nitrogens with two attached hydrogens (primary N) is 1. The Morgan fingerprint density at radius 3 is 2.43 bits per heavy atom. The van der Waals surface area contributed by atoms with Gasteiger partial charge in [0.05, 0.1) is 19.8 Å². The second kappa shape index (κ2) is 6.65. The summed E-state index contributed by atoms with van der Waals surface area (Å²) in [5.41, 5.74) is 7.67. The molecule has 1 amide bonds. The predicted octanol–water partition coefficient (Wildman–Crippen LogP) is 2.22. The lowest BCUT2D eigenvalue weighted by molar-refractivity contribution is 0.0948. The van der Waals surface area contributed by atoms with Crippen molar-refractivity contribution in [1.29, 1.82) is 0 Å². The first-order valence-corrected chi connectivity index (χ1v) is 6.48. The standard InChI is InChI=1S/C16H18N2O3/c1-20-13-6-3-11(4-7-13)10-18-16(19)14-8-5-12(17)9-15(14)21-2/h3-9H,10,17H2,1-2H3,(H,18,19). The fraction of sp³-hybridized carbons (Fsp3) is 0.188. The molecule has 2 rings (SSSR count). The van der Waals surface area contributed by atoms with Crippen LogP contribution < -0.4 is 20.5 Å². The van der Waals surface area contributed by atoms with Crippen LogP contribution in [0.2, 0.25) is 0 Å². The lowest BCUT2D eigenvalue weighted by Crippen LogP contribution is -2.23. The summed E-state index contributed by atoms with van der Waals surface area (Å²) >= 11 is 0. The van der Waals surface area contributed by atoms with Crippen molar-refractivity contribution in [3.63, 3.8) is 0 Å². The van der Waals surface area contributed by atoms with Crippen LogP contribution in [0.15, 0.2) is 42.5 Å². The van der Waals surface area contributed by atoms with Gasteiger partial charge in [0, 0.05) is 18.3 Å². The van der Waals surface area contributed by atoms with Crippen LogP contribution in [0.4, 0.5) is 5.69 Å². The lowest BCUT2D eigenvalue weighted by Gasteiger charge is -2.10. The number of benzene rings is 2. The van der Waals surface area contributed by atoms with Crippen molar-refractivity contribution in [2.24, 2.45) is 0 Å². The van der Waals surface area contributed by atoms with Crippen LogP contribution in [-0.2, 0) is 6.54 Å². The predicted molar refractivity (Wildman–Crippen MR) is 81.6 cm³/mol. The number of anilines is 1. The van der Waals surface area contributed by atoms with Crippen LogP contribution >= 0.6 is 0 Å². The minimum Gasteiger partial charge on any atom is -0.497 e. The second-order valence-corrected chi connectivity index (χ2v) is 4.49. The average Bonchev–Trinajstić information content (AvgIpc) is 2.52. The summed E-state index contributed by atoms with van der Waals surface area (Å²) in [5.74, 6) is 1.04. The lowest BCUT2D eigenvalue weighted by atomic mass is 10.1. The molecule has 21 heavy (non-hydrogen) atoms. The highest BCUT2D eigenvalue weighted by molar-refractivity contribution is 5.97. The first-order chi connectivity index (χ1) is 10.1. The number of methoxy groups -OCH3 is 2. The number of carbonyl (C=O) groups excluding carboxylic acids is 1. The molecule has 0 saturated carbocycles. The van der Waals surface area contributed by atoms with Crippen molar-refractivity contribution in [1.82, 2.24) is 5.32 Å². The van der Waals surface area contributed by atoms with Gasteiger partial charge in [0.25, 0.3) is 5.91 Å². The third kappa shape index (κ3) is 3.66. The number of carbonyl (C=O) groups is 1. The Kier molecular flexibility index (Phi) is 4.66. The van der Waals surface area contributed by atoms with Crippen LogP contribution in [0.5, 0.6) is 11.5 Å². The Balaban J connectivity index is 2.04. The number of amides is 1. The van der Waals surface area contributed by atoms with Crippen molar-refractivity contribution in [3.8, 4) is 11.5 Å². The average molecular weight is 286 g/mol. The Hall–Kier alpha value is -2.69. The number of nitrogens with one attached hydrogen (secondary N) is 1. The minimum absolute atomic E-state index is 0.206. The molecule has 5 nitrogen and oxygen atoms in total. The van der Waals surface area contributed by atoms with E-state index in [-0.39, 0.29) is 5.91 Å². The summed E-state index contributed by atoms with van der Waals surface area (Å²) in [6, 6.07) is 12.5. The molecular formula is C16H18N2O3. The summed E-state index contributed by atoms with van der Waals surface area (Å²) < 4.78 is 10.3. The molecule has 3 N–H and O–H groups in total. The van der Waals surface area contributed by atoms with Gasteiger partial charge < -0.3 is 20.5 Å². The molecule has 0 spiro atoms. The maximum absolute atomic E-state index is 12.2. The molecule has 0 aliphatic rings. The van der Waals surface area contributed by atoms with E-state index >= 15 is 0 Å². The van der Waals surface area contributed by atoms with E-state index in [0.717, 1.165) is 11.3 Å². The summed E-state index contributed by atoms with van der Waals surface area (Å²) in [5, 5.41) is 2.85. The van der Waals surface area contributed by atoms with E-state index in [1.807, 2.05) is 24.3 Å². The summed E-state index contributed by atoms with van der Waals surface area (Å²) in [6.45, 7) is 0.427. The maximum Gasteiger partial charge on any atom is 0.255 e. The van der Waals surface area contributed by atoms with E-state index in [2.05, 4.69) is 5.32 Å². The van der Waals surface area contributed by atoms with E-state index in [1.54, 1.807) is 25.3 Å². The van der Waals surface area contributed by atoms with Gasteiger partial charge in [0.2, 0.25) is 0 Å². The fourth-order valence-corrected chi connectivity index (χ4v) is 1.92. The van der Waals surface area contributed by atoms with Gasteiger partial charge in [-0.2, -0.15) is 0 Å². The Morgan fingerprint density at radius 1 is 1.10 bits per heavy atom. The maximum atomic E-state index is 12.2. The van der Waals surface area contributed by atoms with Crippen LogP contribution in [-0.4, -0.2) is 20.1 Å². The van der Waals surface area contributed by atoms with Gasteiger partial charge >= 0.3 is 0 Å². The zero-order valence-corrected chi connectivity index (χ0v) is 12.1. The molecule has 2 aromatic rings. The van der Waals surface area contributed by atoms with Gasteiger partial charge in [-0.3, -0.25) is 4.79 Å². The van der Waals surface area contributed by atoms with Gasteiger partial charge in [-0.05, 0) is 29.8 Å². The molecular weight excluding hydrogens is 268 g/mol. The summed E-state index contributed by atoms with van der Waals surface area (Å²) in [6.07, 6.45) is 0. The monoisotopic (exact) mass is 286 g/mol. The number of rotatable bonds is 5. The van der Waals surface area contributed by atoms with Gasteiger partial charge in [-0.1, -0.05) is 12.1 Å².